The van der Waals surface area contributed by atoms with Crippen molar-refractivity contribution in [2.24, 2.45) is 5.92 Å². The van der Waals surface area contributed by atoms with Crippen molar-refractivity contribution in [3.8, 4) is 6.07 Å². The molecule has 1 saturated carbocycles. The summed E-state index contributed by atoms with van der Waals surface area (Å²) in [5.41, 5.74) is 10.1. The molecule has 3 fully saturated rings. The van der Waals surface area contributed by atoms with Gasteiger partial charge < -0.3 is 15.0 Å². The number of morpholine rings is 1. The molecule has 4 atom stereocenters. The maximum atomic E-state index is 13.1. The number of nitrogens with one attached hydrogen (secondary N) is 3. The molecule has 2 saturated heterocycles. The van der Waals surface area contributed by atoms with E-state index in [0.717, 1.165) is 51.4 Å². The first-order valence-electron chi connectivity index (χ1n) is 12.1. The number of carbonyl (C=O) groups is 1. The number of nitriles is 1. The number of hydrazine groups is 1. The van der Waals surface area contributed by atoms with Crippen molar-refractivity contribution in [1.29, 1.82) is 5.26 Å². The van der Waals surface area contributed by atoms with E-state index in [2.05, 4.69) is 49.2 Å². The van der Waals surface area contributed by atoms with Crippen LogP contribution in [0.5, 0.6) is 0 Å². The van der Waals surface area contributed by atoms with E-state index in [1.165, 1.54) is 5.56 Å². The van der Waals surface area contributed by atoms with Crippen molar-refractivity contribution < 1.29 is 9.53 Å². The molecule has 184 valence electrons. The Morgan fingerprint density at radius 1 is 1.26 bits per heavy atom. The minimum Gasteiger partial charge on any atom is -0.378 e. The van der Waals surface area contributed by atoms with Crippen LogP contribution in [0.1, 0.15) is 58.0 Å². The van der Waals surface area contributed by atoms with Gasteiger partial charge in [-0.25, -0.2) is 15.4 Å². The van der Waals surface area contributed by atoms with Crippen LogP contribution in [0.15, 0.2) is 18.3 Å². The fourth-order valence-electron chi connectivity index (χ4n) is 5.47. The predicted molar refractivity (Wildman–Crippen MR) is 132 cm³/mol. The average molecular weight is 496 g/mol. The molecule has 3 N–H and O–H groups in total. The van der Waals surface area contributed by atoms with Gasteiger partial charge in [0.05, 0.1) is 24.8 Å². The molecule has 0 aromatic carbocycles. The lowest BCUT2D eigenvalue weighted by molar-refractivity contribution is 0.0909. The number of pyridine rings is 2. The average Bonchev–Trinajstić information content (AvgIpc) is 3.30. The second-order valence-electron chi connectivity index (χ2n) is 9.55. The molecular weight excluding hydrogens is 466 g/mol. The van der Waals surface area contributed by atoms with Crippen LogP contribution in [0.2, 0.25) is 5.15 Å². The molecule has 0 spiro atoms. The van der Waals surface area contributed by atoms with Crippen LogP contribution in [-0.2, 0) is 4.74 Å². The van der Waals surface area contributed by atoms with Gasteiger partial charge in [-0.05, 0) is 67.9 Å². The molecule has 0 radical (unpaired) electrons. The molecule has 3 aliphatic rings. The van der Waals surface area contributed by atoms with Crippen LogP contribution in [0.25, 0.3) is 0 Å². The van der Waals surface area contributed by atoms with Crippen molar-refractivity contribution in [2.75, 3.05) is 31.2 Å². The number of hydrogen-bond donors (Lipinski definition) is 3. The molecule has 0 bridgehead atoms. The number of ether oxygens (including phenoxy) is 1. The Labute approximate surface area is 210 Å². The molecule has 10 heteroatoms. The van der Waals surface area contributed by atoms with Gasteiger partial charge >= 0.3 is 0 Å². The number of carbonyl (C=O) groups excluding carboxylic acids is 1. The fourth-order valence-corrected chi connectivity index (χ4v) is 5.74. The van der Waals surface area contributed by atoms with Crippen molar-refractivity contribution in [3.63, 3.8) is 0 Å². The number of halogens is 1. The van der Waals surface area contributed by atoms with Crippen LogP contribution in [-0.4, -0.2) is 54.3 Å². The topological polar surface area (TPSA) is 115 Å². The van der Waals surface area contributed by atoms with E-state index in [4.69, 9.17) is 16.3 Å². The molecule has 2 aliphatic heterocycles. The lowest BCUT2D eigenvalue weighted by atomic mass is 9.77. The third-order valence-corrected chi connectivity index (χ3v) is 7.86. The minimum atomic E-state index is -0.241. The van der Waals surface area contributed by atoms with E-state index in [1.54, 1.807) is 6.92 Å². The quantitative estimate of drug-likeness (QED) is 0.554. The van der Waals surface area contributed by atoms with Gasteiger partial charge in [-0.2, -0.15) is 5.26 Å². The second-order valence-corrected chi connectivity index (χ2v) is 9.91. The summed E-state index contributed by atoms with van der Waals surface area (Å²) in [5.74, 6) is 1.06. The summed E-state index contributed by atoms with van der Waals surface area (Å²) in [5, 5.41) is 12.6. The number of amides is 1. The third-order valence-electron chi connectivity index (χ3n) is 7.59. The molecule has 1 amide bonds. The summed E-state index contributed by atoms with van der Waals surface area (Å²) in [4.78, 5) is 24.2. The molecule has 4 unspecified atom stereocenters. The summed E-state index contributed by atoms with van der Waals surface area (Å²) in [6.07, 6.45) is 4.56. The highest BCUT2D eigenvalue weighted by molar-refractivity contribution is 6.30. The van der Waals surface area contributed by atoms with Gasteiger partial charge in [0.15, 0.2) is 0 Å². The summed E-state index contributed by atoms with van der Waals surface area (Å²) in [6, 6.07) is 6.82. The summed E-state index contributed by atoms with van der Waals surface area (Å²) in [6.45, 7) is 6.74. The highest BCUT2D eigenvalue weighted by atomic mass is 35.5. The zero-order valence-corrected chi connectivity index (χ0v) is 20.7. The lowest BCUT2D eigenvalue weighted by Crippen LogP contribution is -2.44. The SMILES string of the molecule is Cc1c(C(=O)NC2CCC3NNC(c4ccnc(N5CCOCC5)c4)C3C2)nc(Cl)c(C#N)c1C. The Bertz CT molecular complexity index is 1160. The number of rotatable bonds is 4. The number of anilines is 1. The van der Waals surface area contributed by atoms with Gasteiger partial charge in [0, 0.05) is 31.4 Å². The summed E-state index contributed by atoms with van der Waals surface area (Å²) in [7, 11) is 0. The van der Waals surface area contributed by atoms with Gasteiger partial charge in [0.25, 0.3) is 5.91 Å². The Hall–Kier alpha value is -2.77. The van der Waals surface area contributed by atoms with Crippen LogP contribution < -0.4 is 21.1 Å². The van der Waals surface area contributed by atoms with Gasteiger partial charge in [-0.1, -0.05) is 11.6 Å². The molecule has 35 heavy (non-hydrogen) atoms. The molecule has 2 aromatic rings. The van der Waals surface area contributed by atoms with Crippen molar-refractivity contribution in [1.82, 2.24) is 26.1 Å². The van der Waals surface area contributed by atoms with Crippen molar-refractivity contribution in [2.45, 2.75) is 51.2 Å². The van der Waals surface area contributed by atoms with Gasteiger partial charge in [0.1, 0.15) is 22.7 Å². The first-order chi connectivity index (χ1) is 17.0. The van der Waals surface area contributed by atoms with E-state index >= 15 is 0 Å². The smallest absolute Gasteiger partial charge is 0.270 e. The predicted octanol–water partition coefficient (Wildman–Crippen LogP) is 2.57. The first-order valence-corrected chi connectivity index (χ1v) is 12.5. The monoisotopic (exact) mass is 495 g/mol. The molecular formula is C25H30ClN7O2. The summed E-state index contributed by atoms with van der Waals surface area (Å²) < 4.78 is 5.48. The number of fused-ring (bicyclic) bond motifs is 1. The van der Waals surface area contributed by atoms with Gasteiger partial charge in [-0.15, -0.1) is 0 Å². The second kappa shape index (κ2) is 10.1. The Kier molecular flexibility index (Phi) is 6.89. The Morgan fingerprint density at radius 2 is 2.06 bits per heavy atom. The largest absolute Gasteiger partial charge is 0.378 e. The zero-order chi connectivity index (χ0) is 24.5. The van der Waals surface area contributed by atoms with E-state index < -0.39 is 0 Å². The van der Waals surface area contributed by atoms with Crippen molar-refractivity contribution in [3.05, 3.63) is 51.4 Å². The highest BCUT2D eigenvalue weighted by Gasteiger charge is 2.41. The van der Waals surface area contributed by atoms with Crippen LogP contribution in [0.4, 0.5) is 5.82 Å². The normalized spacial score (nSPS) is 26.2. The Balaban J connectivity index is 1.30. The van der Waals surface area contributed by atoms with Crippen LogP contribution in [0, 0.1) is 31.1 Å². The summed E-state index contributed by atoms with van der Waals surface area (Å²) >= 11 is 6.18. The van der Waals surface area contributed by atoms with E-state index in [9.17, 15) is 10.1 Å². The fraction of sp³-hybridized carbons (Fsp3) is 0.520. The van der Waals surface area contributed by atoms with Crippen LogP contribution >= 0.6 is 11.6 Å². The maximum absolute atomic E-state index is 13.1. The molecule has 5 rings (SSSR count). The molecule has 2 aromatic heterocycles. The lowest BCUT2D eigenvalue weighted by Gasteiger charge is -2.34. The Morgan fingerprint density at radius 3 is 2.83 bits per heavy atom. The van der Waals surface area contributed by atoms with Gasteiger partial charge in [-0.3, -0.25) is 10.2 Å². The van der Waals surface area contributed by atoms with Crippen LogP contribution in [0.3, 0.4) is 0 Å². The standard InChI is InChI=1S/C25H30ClN7O2/c1-14-15(2)22(30-24(26)19(14)13-27)25(34)29-17-3-4-20-18(12-17)23(32-31-20)16-5-6-28-21(11-16)33-7-9-35-10-8-33/h5-6,11,17-18,20,23,31-32H,3-4,7-10,12H2,1-2H3,(H,29,34). The van der Waals surface area contributed by atoms with Gasteiger partial charge in [0.2, 0.25) is 0 Å². The number of hydrogen-bond acceptors (Lipinski definition) is 8. The minimum absolute atomic E-state index is 0.0319. The highest BCUT2D eigenvalue weighted by Crippen LogP contribution is 2.38. The number of aromatic nitrogens is 2. The molecule has 9 nitrogen and oxygen atoms in total. The van der Waals surface area contributed by atoms with E-state index in [1.807, 2.05) is 13.1 Å². The maximum Gasteiger partial charge on any atom is 0.270 e. The van der Waals surface area contributed by atoms with E-state index in [-0.39, 0.29) is 28.8 Å². The molecule has 1 aliphatic carbocycles. The van der Waals surface area contributed by atoms with Crippen molar-refractivity contribution >= 4 is 23.3 Å². The number of nitrogens with zero attached hydrogens (tertiary/aromatic N) is 4. The third kappa shape index (κ3) is 4.71. The molecule has 4 heterocycles. The van der Waals surface area contributed by atoms with E-state index in [0.29, 0.717) is 28.7 Å². The first kappa shape index (κ1) is 23.9. The zero-order valence-electron chi connectivity index (χ0n) is 20.0.